The molecule has 1 aliphatic rings. The van der Waals surface area contributed by atoms with Gasteiger partial charge in [-0.25, -0.2) is 4.68 Å². The van der Waals surface area contributed by atoms with Gasteiger partial charge >= 0.3 is 0 Å². The molecule has 0 atom stereocenters. The van der Waals surface area contributed by atoms with Crippen LogP contribution in [0.3, 0.4) is 0 Å². The fraction of sp³-hybridized carbons (Fsp3) is 0.412. The molecule has 7 nitrogen and oxygen atoms in total. The zero-order valence-corrected chi connectivity index (χ0v) is 13.6. The number of nitrogens with one attached hydrogen (secondary N) is 1. The Morgan fingerprint density at radius 1 is 1.17 bits per heavy atom. The second-order valence-corrected chi connectivity index (χ2v) is 5.92. The Hall–Kier alpha value is -2.70. The van der Waals surface area contributed by atoms with Crippen LogP contribution in [0.15, 0.2) is 29.1 Å². The van der Waals surface area contributed by atoms with Gasteiger partial charge in [0.15, 0.2) is 5.69 Å². The number of amides is 2. The number of benzene rings is 1. The predicted molar refractivity (Wildman–Crippen MR) is 89.7 cm³/mol. The summed E-state index contributed by atoms with van der Waals surface area (Å²) in [6, 6.07) is 6.89. The molecule has 2 amide bonds. The van der Waals surface area contributed by atoms with Gasteiger partial charge in [-0.1, -0.05) is 18.2 Å². The van der Waals surface area contributed by atoms with E-state index >= 15 is 0 Å². The first kappa shape index (κ1) is 16.2. The molecule has 0 radical (unpaired) electrons. The van der Waals surface area contributed by atoms with Crippen molar-refractivity contribution in [3.8, 4) is 0 Å². The van der Waals surface area contributed by atoms with Gasteiger partial charge in [-0.3, -0.25) is 14.4 Å². The van der Waals surface area contributed by atoms with E-state index in [2.05, 4.69) is 10.4 Å². The Labute approximate surface area is 139 Å². The van der Waals surface area contributed by atoms with E-state index < -0.39 is 0 Å². The molecule has 3 rings (SSSR count). The zero-order chi connectivity index (χ0) is 17.1. The van der Waals surface area contributed by atoms with Crippen LogP contribution in [0.4, 0.5) is 0 Å². The lowest BCUT2D eigenvalue weighted by atomic mass is 10.1. The number of aryl methyl sites for hydroxylation is 1. The molecule has 1 aliphatic heterocycles. The van der Waals surface area contributed by atoms with Crippen molar-refractivity contribution in [3.63, 3.8) is 0 Å². The molecule has 1 aromatic heterocycles. The van der Waals surface area contributed by atoms with Gasteiger partial charge < -0.3 is 10.2 Å². The Balaban J connectivity index is 1.71. The number of hydrogen-bond acceptors (Lipinski definition) is 4. The Kier molecular flexibility index (Phi) is 4.59. The molecule has 2 aromatic rings. The Bertz CT molecular complexity index is 837. The molecule has 0 aliphatic carbocycles. The lowest BCUT2D eigenvalue weighted by Crippen LogP contribution is -2.34. The van der Waals surface area contributed by atoms with E-state index in [1.807, 2.05) is 4.90 Å². The van der Waals surface area contributed by atoms with E-state index in [1.165, 1.54) is 7.05 Å². The topological polar surface area (TPSA) is 84.3 Å². The molecule has 1 aromatic carbocycles. The summed E-state index contributed by atoms with van der Waals surface area (Å²) in [5.41, 5.74) is -0.0484. The normalized spacial score (nSPS) is 14.1. The molecule has 1 fully saturated rings. The van der Waals surface area contributed by atoms with Crippen molar-refractivity contribution in [1.29, 1.82) is 0 Å². The second kappa shape index (κ2) is 6.82. The summed E-state index contributed by atoms with van der Waals surface area (Å²) >= 11 is 0. The van der Waals surface area contributed by atoms with Gasteiger partial charge in [-0.15, -0.1) is 0 Å². The maximum atomic E-state index is 12.4. The Morgan fingerprint density at radius 3 is 2.54 bits per heavy atom. The van der Waals surface area contributed by atoms with Gasteiger partial charge in [0.25, 0.3) is 11.5 Å². The summed E-state index contributed by atoms with van der Waals surface area (Å²) < 4.78 is 1.16. The van der Waals surface area contributed by atoms with E-state index in [0.717, 1.165) is 30.6 Å². The van der Waals surface area contributed by atoms with Gasteiger partial charge in [-0.2, -0.15) is 5.10 Å². The maximum Gasteiger partial charge on any atom is 0.274 e. The molecular weight excluding hydrogens is 308 g/mol. The lowest BCUT2D eigenvalue weighted by molar-refractivity contribution is -0.129. The first-order chi connectivity index (χ1) is 11.6. The Morgan fingerprint density at radius 2 is 1.83 bits per heavy atom. The van der Waals surface area contributed by atoms with Crippen molar-refractivity contribution < 1.29 is 9.59 Å². The van der Waals surface area contributed by atoms with Gasteiger partial charge in [0.2, 0.25) is 5.91 Å². The average molecular weight is 328 g/mol. The van der Waals surface area contributed by atoms with Crippen LogP contribution in [0.25, 0.3) is 10.8 Å². The van der Waals surface area contributed by atoms with Crippen LogP contribution in [0, 0.1) is 0 Å². The predicted octanol–water partition coefficient (Wildman–Crippen LogP) is 0.676. The molecule has 7 heteroatoms. The minimum atomic E-state index is -0.379. The standard InChI is InChI=1S/C17H20N4O3/c1-20-17(24)13-7-3-2-6-12(13)15(19-20)16(23)18-9-8-14(22)21-10-4-5-11-21/h2-3,6-7H,4-5,8-11H2,1H3,(H,18,23). The number of nitrogens with zero attached hydrogens (tertiary/aromatic N) is 3. The number of aromatic nitrogens is 2. The average Bonchev–Trinajstić information content (AvgIpc) is 3.12. The summed E-state index contributed by atoms with van der Waals surface area (Å²) in [4.78, 5) is 38.3. The van der Waals surface area contributed by atoms with Crippen molar-refractivity contribution >= 4 is 22.6 Å². The molecule has 1 N–H and O–H groups in total. The molecule has 0 saturated carbocycles. The highest BCUT2D eigenvalue weighted by atomic mass is 16.2. The molecule has 0 bridgehead atoms. The van der Waals surface area contributed by atoms with Crippen LogP contribution in [0.5, 0.6) is 0 Å². The molecule has 1 saturated heterocycles. The van der Waals surface area contributed by atoms with Crippen LogP contribution in [0.2, 0.25) is 0 Å². The molecule has 0 unspecified atom stereocenters. The maximum absolute atomic E-state index is 12.4. The molecular formula is C17H20N4O3. The summed E-state index contributed by atoms with van der Waals surface area (Å²) in [5, 5.41) is 7.77. The summed E-state index contributed by atoms with van der Waals surface area (Å²) in [6.07, 6.45) is 2.37. The van der Waals surface area contributed by atoms with E-state index in [0.29, 0.717) is 10.8 Å². The van der Waals surface area contributed by atoms with Crippen LogP contribution in [-0.2, 0) is 11.8 Å². The van der Waals surface area contributed by atoms with Crippen molar-refractivity contribution in [1.82, 2.24) is 20.0 Å². The second-order valence-electron chi connectivity index (χ2n) is 5.92. The highest BCUT2D eigenvalue weighted by Crippen LogP contribution is 2.13. The number of fused-ring (bicyclic) bond motifs is 1. The zero-order valence-electron chi connectivity index (χ0n) is 13.6. The summed E-state index contributed by atoms with van der Waals surface area (Å²) in [5.74, 6) is -0.317. The fourth-order valence-electron chi connectivity index (χ4n) is 2.96. The van der Waals surface area contributed by atoms with Crippen LogP contribution in [0.1, 0.15) is 29.8 Å². The highest BCUT2D eigenvalue weighted by molar-refractivity contribution is 6.04. The van der Waals surface area contributed by atoms with E-state index in [9.17, 15) is 14.4 Å². The van der Waals surface area contributed by atoms with E-state index in [1.54, 1.807) is 24.3 Å². The first-order valence-electron chi connectivity index (χ1n) is 8.10. The van der Waals surface area contributed by atoms with Crippen molar-refractivity contribution in [2.75, 3.05) is 19.6 Å². The highest BCUT2D eigenvalue weighted by Gasteiger charge is 2.19. The first-order valence-corrected chi connectivity index (χ1v) is 8.10. The number of carbonyl (C=O) groups excluding carboxylic acids is 2. The largest absolute Gasteiger partial charge is 0.350 e. The third-order valence-electron chi connectivity index (χ3n) is 4.25. The minimum absolute atomic E-state index is 0.0612. The third kappa shape index (κ3) is 3.15. The van der Waals surface area contributed by atoms with Crippen LogP contribution < -0.4 is 10.9 Å². The van der Waals surface area contributed by atoms with Crippen molar-refractivity contribution in [2.45, 2.75) is 19.3 Å². The number of carbonyl (C=O) groups is 2. The van der Waals surface area contributed by atoms with E-state index in [-0.39, 0.29) is 36.0 Å². The van der Waals surface area contributed by atoms with Crippen LogP contribution in [-0.4, -0.2) is 46.1 Å². The van der Waals surface area contributed by atoms with Gasteiger partial charge in [-0.05, 0) is 18.9 Å². The monoisotopic (exact) mass is 328 g/mol. The van der Waals surface area contributed by atoms with Gasteiger partial charge in [0.05, 0.1) is 5.39 Å². The number of likely N-dealkylation sites (tertiary alicyclic amines) is 1. The van der Waals surface area contributed by atoms with Crippen LogP contribution >= 0.6 is 0 Å². The van der Waals surface area contributed by atoms with Crippen molar-refractivity contribution in [3.05, 3.63) is 40.3 Å². The molecule has 0 spiro atoms. The number of hydrogen-bond donors (Lipinski definition) is 1. The molecule has 24 heavy (non-hydrogen) atoms. The van der Waals surface area contributed by atoms with Gasteiger partial charge in [0.1, 0.15) is 0 Å². The smallest absolute Gasteiger partial charge is 0.274 e. The SMILES string of the molecule is Cn1nc(C(=O)NCCC(=O)N2CCCC2)c2ccccc2c1=O. The fourth-order valence-corrected chi connectivity index (χ4v) is 2.96. The van der Waals surface area contributed by atoms with Crippen molar-refractivity contribution in [2.24, 2.45) is 7.05 Å². The van der Waals surface area contributed by atoms with E-state index in [4.69, 9.17) is 0 Å². The third-order valence-corrected chi connectivity index (χ3v) is 4.25. The molecule has 2 heterocycles. The lowest BCUT2D eigenvalue weighted by Gasteiger charge is -2.15. The minimum Gasteiger partial charge on any atom is -0.350 e. The summed E-state index contributed by atoms with van der Waals surface area (Å²) in [6.45, 7) is 1.87. The van der Waals surface area contributed by atoms with Gasteiger partial charge in [0, 0.05) is 38.5 Å². The summed E-state index contributed by atoms with van der Waals surface area (Å²) in [7, 11) is 1.52. The quantitative estimate of drug-likeness (QED) is 0.894. The molecule has 126 valence electrons. The number of rotatable bonds is 4.